The first-order valence-electron chi connectivity index (χ1n) is 10.9. The third kappa shape index (κ3) is 5.33. The van der Waals surface area contributed by atoms with E-state index in [0.717, 1.165) is 42.8 Å². The summed E-state index contributed by atoms with van der Waals surface area (Å²) in [6.07, 6.45) is 1.90. The van der Waals surface area contributed by atoms with Gasteiger partial charge in [-0.05, 0) is 36.1 Å². The van der Waals surface area contributed by atoms with Gasteiger partial charge >= 0.3 is 5.97 Å². The Morgan fingerprint density at radius 1 is 1.00 bits per heavy atom. The molecule has 1 saturated heterocycles. The highest BCUT2D eigenvalue weighted by Crippen LogP contribution is 2.30. The van der Waals surface area contributed by atoms with Crippen LogP contribution in [0.3, 0.4) is 0 Å². The zero-order chi connectivity index (χ0) is 22.3. The van der Waals surface area contributed by atoms with Crippen LogP contribution in [0.5, 0.6) is 5.75 Å². The molecule has 0 unspecified atom stereocenters. The number of likely N-dealkylation sites (tertiary alicyclic amines) is 1. The second-order valence-electron chi connectivity index (χ2n) is 7.97. The third-order valence-electron chi connectivity index (χ3n) is 5.76. The lowest BCUT2D eigenvalue weighted by Crippen LogP contribution is -2.37. The van der Waals surface area contributed by atoms with Gasteiger partial charge in [0.1, 0.15) is 11.9 Å². The van der Waals surface area contributed by atoms with Crippen LogP contribution in [-0.2, 0) is 16.0 Å². The van der Waals surface area contributed by atoms with E-state index in [1.165, 1.54) is 13.2 Å². The minimum Gasteiger partial charge on any atom is -0.505 e. The molecule has 1 N–H and O–H groups in total. The number of piperidine rings is 1. The lowest BCUT2D eigenvalue weighted by molar-refractivity contribution is -0.0283. The van der Waals surface area contributed by atoms with Crippen molar-refractivity contribution in [3.05, 3.63) is 95.3 Å². The van der Waals surface area contributed by atoms with Gasteiger partial charge in [-0.15, -0.1) is 0 Å². The SMILES string of the molecule is COC(=O)c1nc(CN2CCC(OC(c3ccccc3)c3ccccc3)CC2)ccc1O. The van der Waals surface area contributed by atoms with Crippen LogP contribution in [0.25, 0.3) is 0 Å². The molecule has 6 heteroatoms. The molecule has 0 bridgehead atoms. The van der Waals surface area contributed by atoms with Crippen molar-refractivity contribution >= 4 is 5.97 Å². The first-order valence-corrected chi connectivity index (χ1v) is 10.9. The highest BCUT2D eigenvalue weighted by Gasteiger charge is 2.25. The molecule has 3 aromatic rings. The number of aromatic nitrogens is 1. The largest absolute Gasteiger partial charge is 0.505 e. The quantitative estimate of drug-likeness (QED) is 0.560. The zero-order valence-electron chi connectivity index (χ0n) is 18.2. The van der Waals surface area contributed by atoms with E-state index in [0.29, 0.717) is 6.54 Å². The second-order valence-corrected chi connectivity index (χ2v) is 7.97. The molecule has 32 heavy (non-hydrogen) atoms. The van der Waals surface area contributed by atoms with E-state index in [9.17, 15) is 9.90 Å². The Bertz CT molecular complexity index is 979. The number of hydrogen-bond acceptors (Lipinski definition) is 6. The number of esters is 1. The van der Waals surface area contributed by atoms with Crippen LogP contribution in [0.15, 0.2) is 72.8 Å². The topological polar surface area (TPSA) is 71.9 Å². The van der Waals surface area contributed by atoms with Gasteiger partial charge in [-0.1, -0.05) is 60.7 Å². The maximum Gasteiger partial charge on any atom is 0.360 e. The van der Waals surface area contributed by atoms with Crippen LogP contribution in [-0.4, -0.2) is 47.3 Å². The van der Waals surface area contributed by atoms with Gasteiger partial charge in [0.05, 0.1) is 18.9 Å². The summed E-state index contributed by atoms with van der Waals surface area (Å²) in [7, 11) is 1.28. The van der Waals surface area contributed by atoms with E-state index in [4.69, 9.17) is 9.47 Å². The first kappa shape index (κ1) is 22.0. The minimum atomic E-state index is -0.635. The third-order valence-corrected chi connectivity index (χ3v) is 5.76. The molecule has 0 spiro atoms. The van der Waals surface area contributed by atoms with E-state index in [1.54, 1.807) is 6.07 Å². The fourth-order valence-corrected chi connectivity index (χ4v) is 4.06. The van der Waals surface area contributed by atoms with Gasteiger partial charge in [-0.2, -0.15) is 0 Å². The lowest BCUT2D eigenvalue weighted by Gasteiger charge is -2.34. The Balaban J connectivity index is 1.38. The lowest BCUT2D eigenvalue weighted by atomic mass is 10.00. The summed E-state index contributed by atoms with van der Waals surface area (Å²) in [6, 6.07) is 23.9. The van der Waals surface area contributed by atoms with E-state index in [-0.39, 0.29) is 23.7 Å². The molecule has 2 heterocycles. The minimum absolute atomic E-state index is 0.0446. The number of carbonyl (C=O) groups excluding carboxylic acids is 1. The first-order chi connectivity index (χ1) is 15.6. The number of benzene rings is 2. The van der Waals surface area contributed by atoms with E-state index < -0.39 is 5.97 Å². The van der Waals surface area contributed by atoms with Crippen molar-refractivity contribution < 1.29 is 19.4 Å². The van der Waals surface area contributed by atoms with E-state index in [1.807, 2.05) is 36.4 Å². The van der Waals surface area contributed by atoms with Crippen LogP contribution in [0, 0.1) is 0 Å². The highest BCUT2D eigenvalue weighted by molar-refractivity contribution is 5.90. The monoisotopic (exact) mass is 432 g/mol. The molecule has 1 fully saturated rings. The molecule has 1 aliphatic rings. The molecule has 1 aromatic heterocycles. The molecule has 6 nitrogen and oxygen atoms in total. The number of nitrogens with zero attached hydrogens (tertiary/aromatic N) is 2. The Hall–Kier alpha value is -3.22. The fourth-order valence-electron chi connectivity index (χ4n) is 4.06. The van der Waals surface area contributed by atoms with Crippen LogP contribution in [0.2, 0.25) is 0 Å². The molecule has 0 aliphatic carbocycles. The normalized spacial score (nSPS) is 15.1. The molecular weight excluding hydrogens is 404 g/mol. The van der Waals surface area contributed by atoms with Gasteiger partial charge in [0, 0.05) is 19.6 Å². The number of ether oxygens (including phenoxy) is 2. The fraction of sp³-hybridized carbons (Fsp3) is 0.308. The van der Waals surface area contributed by atoms with E-state index in [2.05, 4.69) is 34.1 Å². The van der Waals surface area contributed by atoms with Crippen LogP contribution in [0.1, 0.15) is 46.3 Å². The maximum atomic E-state index is 11.8. The standard InChI is InChI=1S/C26H28N2O4/c1-31-26(30)24-23(29)13-12-21(27-24)18-28-16-14-22(15-17-28)32-25(19-8-4-2-5-9-19)20-10-6-3-7-11-20/h2-13,22,25,29H,14-18H2,1H3. The van der Waals surface area contributed by atoms with Gasteiger partial charge in [0.25, 0.3) is 0 Å². The van der Waals surface area contributed by atoms with Crippen molar-refractivity contribution in [2.24, 2.45) is 0 Å². The Morgan fingerprint density at radius 2 is 1.59 bits per heavy atom. The predicted molar refractivity (Wildman–Crippen MR) is 121 cm³/mol. The number of carbonyl (C=O) groups is 1. The number of aromatic hydroxyl groups is 1. The van der Waals surface area contributed by atoms with Crippen molar-refractivity contribution in [2.75, 3.05) is 20.2 Å². The van der Waals surface area contributed by atoms with Crippen molar-refractivity contribution in [1.29, 1.82) is 0 Å². The number of pyridine rings is 1. The summed E-state index contributed by atoms with van der Waals surface area (Å²) in [5.41, 5.74) is 3.00. The summed E-state index contributed by atoms with van der Waals surface area (Å²) >= 11 is 0. The summed E-state index contributed by atoms with van der Waals surface area (Å²) in [4.78, 5) is 18.4. The summed E-state index contributed by atoms with van der Waals surface area (Å²) in [6.45, 7) is 2.35. The smallest absolute Gasteiger partial charge is 0.360 e. The zero-order valence-corrected chi connectivity index (χ0v) is 18.2. The maximum absolute atomic E-state index is 11.8. The Labute approximate surface area is 188 Å². The van der Waals surface area contributed by atoms with Crippen LogP contribution < -0.4 is 0 Å². The summed E-state index contributed by atoms with van der Waals surface area (Å²) < 4.78 is 11.3. The molecule has 166 valence electrons. The van der Waals surface area contributed by atoms with Gasteiger partial charge in [0.15, 0.2) is 5.69 Å². The molecule has 4 rings (SSSR count). The van der Waals surface area contributed by atoms with Gasteiger partial charge in [-0.3, -0.25) is 4.90 Å². The Morgan fingerprint density at radius 3 is 2.16 bits per heavy atom. The molecule has 0 radical (unpaired) electrons. The number of methoxy groups -OCH3 is 1. The van der Waals surface area contributed by atoms with Crippen molar-refractivity contribution in [3.63, 3.8) is 0 Å². The molecule has 0 saturated carbocycles. The number of hydrogen-bond donors (Lipinski definition) is 1. The summed E-state index contributed by atoms with van der Waals surface area (Å²) in [5, 5.41) is 9.86. The molecular formula is C26H28N2O4. The van der Waals surface area contributed by atoms with Crippen molar-refractivity contribution in [1.82, 2.24) is 9.88 Å². The molecule has 0 atom stereocenters. The molecule has 2 aromatic carbocycles. The van der Waals surface area contributed by atoms with Crippen LogP contribution in [0.4, 0.5) is 0 Å². The van der Waals surface area contributed by atoms with Crippen molar-refractivity contribution in [2.45, 2.75) is 31.6 Å². The molecule has 0 amide bonds. The van der Waals surface area contributed by atoms with Gasteiger partial charge < -0.3 is 14.6 Å². The van der Waals surface area contributed by atoms with E-state index >= 15 is 0 Å². The van der Waals surface area contributed by atoms with Gasteiger partial charge in [-0.25, -0.2) is 9.78 Å². The summed E-state index contributed by atoms with van der Waals surface area (Å²) in [5.74, 6) is -0.801. The number of rotatable bonds is 7. The predicted octanol–water partition coefficient (Wildman–Crippen LogP) is 4.34. The second kappa shape index (κ2) is 10.4. The van der Waals surface area contributed by atoms with Gasteiger partial charge in [0.2, 0.25) is 0 Å². The molecule has 1 aliphatic heterocycles. The average Bonchev–Trinajstić information content (AvgIpc) is 2.85. The average molecular weight is 433 g/mol. The van der Waals surface area contributed by atoms with Crippen molar-refractivity contribution in [3.8, 4) is 5.75 Å². The van der Waals surface area contributed by atoms with Crippen LogP contribution >= 0.6 is 0 Å². The highest BCUT2D eigenvalue weighted by atomic mass is 16.5. The Kier molecular flexibility index (Phi) is 7.14.